The summed E-state index contributed by atoms with van der Waals surface area (Å²) < 4.78 is 19.1. The molecule has 10 nitrogen and oxygen atoms in total. The molecular formula is C29H36FN5O5. The molecule has 2 aliphatic heterocycles. The minimum Gasteiger partial charge on any atom is -0.491 e. The lowest BCUT2D eigenvalue weighted by molar-refractivity contribution is -0.139. The first kappa shape index (κ1) is 29.0. The Bertz CT molecular complexity index is 1220. The van der Waals surface area contributed by atoms with E-state index in [0.29, 0.717) is 43.9 Å². The lowest BCUT2D eigenvalue weighted by Crippen LogP contribution is -2.56. The molecule has 214 valence electrons. The third-order valence-electron chi connectivity index (χ3n) is 7.02. The van der Waals surface area contributed by atoms with Crippen molar-refractivity contribution in [2.45, 2.75) is 38.8 Å². The average molecular weight is 554 g/mol. The number of hydrogen-bond donors (Lipinski definition) is 3. The van der Waals surface area contributed by atoms with Gasteiger partial charge in [0, 0.05) is 45.7 Å². The van der Waals surface area contributed by atoms with E-state index in [1.54, 1.807) is 29.2 Å². The van der Waals surface area contributed by atoms with Gasteiger partial charge >= 0.3 is 0 Å². The van der Waals surface area contributed by atoms with E-state index in [-0.39, 0.29) is 68.5 Å². The number of halogens is 1. The quantitative estimate of drug-likeness (QED) is 0.526. The van der Waals surface area contributed by atoms with Gasteiger partial charge < -0.3 is 25.6 Å². The van der Waals surface area contributed by atoms with Crippen molar-refractivity contribution in [1.82, 2.24) is 25.8 Å². The third-order valence-corrected chi connectivity index (χ3v) is 7.02. The molecule has 2 heterocycles. The van der Waals surface area contributed by atoms with Gasteiger partial charge in [-0.2, -0.15) is 0 Å². The first-order valence-corrected chi connectivity index (χ1v) is 13.6. The standard InChI is InChI=1S/C29H36FN5O5/c1-20-4-9-25-23(17-20)28(38)32-10-14-34(13-2-3-26(36)31-12-16-40-25)27(37)18-24-29(39)33-11-15-35(24)19-21-5-7-22(30)8-6-21/h4-9,17,24H,2-3,10-16,18-19H2,1H3,(H,31,36)(H,32,38)(H,33,39). The molecule has 1 saturated heterocycles. The number of aryl methyl sites for hydroxylation is 1. The molecule has 0 aliphatic carbocycles. The summed E-state index contributed by atoms with van der Waals surface area (Å²) in [5, 5.41) is 8.51. The summed E-state index contributed by atoms with van der Waals surface area (Å²) in [5.74, 6) is -0.867. The largest absolute Gasteiger partial charge is 0.491 e. The van der Waals surface area contributed by atoms with E-state index in [2.05, 4.69) is 16.0 Å². The predicted octanol–water partition coefficient (Wildman–Crippen LogP) is 1.37. The Labute approximate surface area is 233 Å². The Morgan fingerprint density at radius 3 is 2.55 bits per heavy atom. The van der Waals surface area contributed by atoms with E-state index in [9.17, 15) is 23.6 Å². The van der Waals surface area contributed by atoms with E-state index in [0.717, 1.165) is 11.1 Å². The van der Waals surface area contributed by atoms with Crippen LogP contribution in [-0.2, 0) is 20.9 Å². The molecule has 4 rings (SSSR count). The van der Waals surface area contributed by atoms with Crippen molar-refractivity contribution in [1.29, 1.82) is 0 Å². The maximum absolute atomic E-state index is 13.5. The van der Waals surface area contributed by atoms with Crippen molar-refractivity contribution < 1.29 is 28.3 Å². The van der Waals surface area contributed by atoms with Crippen LogP contribution in [0.2, 0.25) is 0 Å². The fraction of sp³-hybridized carbons (Fsp3) is 0.448. The molecule has 40 heavy (non-hydrogen) atoms. The molecule has 11 heteroatoms. The molecule has 1 fully saturated rings. The summed E-state index contributed by atoms with van der Waals surface area (Å²) >= 11 is 0. The predicted molar refractivity (Wildman–Crippen MR) is 146 cm³/mol. The summed E-state index contributed by atoms with van der Waals surface area (Å²) in [7, 11) is 0. The summed E-state index contributed by atoms with van der Waals surface area (Å²) in [6.45, 7) is 4.53. The van der Waals surface area contributed by atoms with Crippen LogP contribution in [0.3, 0.4) is 0 Å². The van der Waals surface area contributed by atoms with Crippen LogP contribution in [0.4, 0.5) is 4.39 Å². The fourth-order valence-corrected chi connectivity index (χ4v) is 4.87. The monoisotopic (exact) mass is 553 g/mol. The number of hydrogen-bond acceptors (Lipinski definition) is 6. The van der Waals surface area contributed by atoms with Crippen LogP contribution in [0.15, 0.2) is 42.5 Å². The Morgan fingerprint density at radius 2 is 1.75 bits per heavy atom. The highest BCUT2D eigenvalue weighted by atomic mass is 19.1. The van der Waals surface area contributed by atoms with Crippen molar-refractivity contribution in [3.8, 4) is 5.75 Å². The van der Waals surface area contributed by atoms with E-state index in [1.165, 1.54) is 12.1 Å². The Morgan fingerprint density at radius 1 is 0.975 bits per heavy atom. The van der Waals surface area contributed by atoms with Gasteiger partial charge in [0.2, 0.25) is 17.7 Å². The highest BCUT2D eigenvalue weighted by Gasteiger charge is 2.33. The molecule has 4 amide bonds. The topological polar surface area (TPSA) is 120 Å². The van der Waals surface area contributed by atoms with Gasteiger partial charge in [0.1, 0.15) is 18.2 Å². The molecule has 0 saturated carbocycles. The van der Waals surface area contributed by atoms with Gasteiger partial charge in [-0.05, 0) is 43.2 Å². The normalized spacial score (nSPS) is 19.7. The summed E-state index contributed by atoms with van der Waals surface area (Å²) in [4.78, 5) is 55.1. The summed E-state index contributed by atoms with van der Waals surface area (Å²) in [6.07, 6.45) is 0.609. The van der Waals surface area contributed by atoms with Crippen LogP contribution >= 0.6 is 0 Å². The smallest absolute Gasteiger partial charge is 0.255 e. The van der Waals surface area contributed by atoms with Crippen molar-refractivity contribution >= 4 is 23.6 Å². The zero-order valence-corrected chi connectivity index (χ0v) is 22.7. The molecule has 1 atom stereocenters. The summed E-state index contributed by atoms with van der Waals surface area (Å²) in [6, 6.07) is 10.7. The van der Waals surface area contributed by atoms with Gasteiger partial charge in [0.25, 0.3) is 5.91 Å². The van der Waals surface area contributed by atoms with Crippen LogP contribution in [-0.4, -0.2) is 85.3 Å². The maximum Gasteiger partial charge on any atom is 0.255 e. The number of piperazine rings is 1. The van der Waals surface area contributed by atoms with Crippen molar-refractivity contribution in [2.24, 2.45) is 0 Å². The maximum atomic E-state index is 13.5. The summed E-state index contributed by atoms with van der Waals surface area (Å²) in [5.41, 5.74) is 2.13. The molecule has 1 unspecified atom stereocenters. The van der Waals surface area contributed by atoms with E-state index < -0.39 is 6.04 Å². The highest BCUT2D eigenvalue weighted by molar-refractivity contribution is 5.97. The number of nitrogens with one attached hydrogen (secondary N) is 3. The Kier molecular flexibility index (Phi) is 10.1. The van der Waals surface area contributed by atoms with Gasteiger partial charge in [-0.3, -0.25) is 24.1 Å². The molecule has 2 aromatic rings. The number of fused-ring (bicyclic) bond motifs is 1. The molecule has 0 radical (unpaired) electrons. The minimum atomic E-state index is -0.687. The fourth-order valence-electron chi connectivity index (χ4n) is 4.87. The molecule has 2 aromatic carbocycles. The minimum absolute atomic E-state index is 0.0525. The Hall–Kier alpha value is -3.99. The lowest BCUT2D eigenvalue weighted by Gasteiger charge is -2.36. The first-order chi connectivity index (χ1) is 19.3. The number of carbonyl (C=O) groups excluding carboxylic acids is 4. The molecule has 0 aromatic heterocycles. The second-order valence-corrected chi connectivity index (χ2v) is 10.0. The number of carbonyl (C=O) groups is 4. The number of rotatable bonds is 4. The van der Waals surface area contributed by atoms with Crippen LogP contribution in [0.5, 0.6) is 5.75 Å². The first-order valence-electron chi connectivity index (χ1n) is 13.6. The van der Waals surface area contributed by atoms with Gasteiger partial charge in [0.05, 0.1) is 24.6 Å². The molecule has 0 spiro atoms. The van der Waals surface area contributed by atoms with E-state index in [4.69, 9.17) is 4.74 Å². The van der Waals surface area contributed by atoms with Crippen molar-refractivity contribution in [2.75, 3.05) is 45.9 Å². The molecular weight excluding hydrogens is 517 g/mol. The van der Waals surface area contributed by atoms with Crippen molar-refractivity contribution in [3.05, 3.63) is 65.0 Å². The number of benzene rings is 2. The highest BCUT2D eigenvalue weighted by Crippen LogP contribution is 2.20. The van der Waals surface area contributed by atoms with Crippen LogP contribution in [0.25, 0.3) is 0 Å². The SMILES string of the molecule is Cc1ccc2c(c1)C(=O)NCCN(C(=O)CC1C(=O)NCCN1Cc1ccc(F)cc1)CCCC(=O)NCCO2. The molecule has 0 bridgehead atoms. The van der Waals surface area contributed by atoms with Gasteiger partial charge in [-0.25, -0.2) is 4.39 Å². The lowest BCUT2D eigenvalue weighted by atomic mass is 10.1. The average Bonchev–Trinajstić information content (AvgIpc) is 2.93. The number of amides is 4. The van der Waals surface area contributed by atoms with Crippen LogP contribution < -0.4 is 20.7 Å². The van der Waals surface area contributed by atoms with E-state index >= 15 is 0 Å². The van der Waals surface area contributed by atoms with Gasteiger partial charge in [-0.15, -0.1) is 0 Å². The number of ether oxygens (including phenoxy) is 1. The van der Waals surface area contributed by atoms with Crippen molar-refractivity contribution in [3.63, 3.8) is 0 Å². The van der Waals surface area contributed by atoms with Gasteiger partial charge in [0.15, 0.2) is 0 Å². The number of nitrogens with zero attached hydrogens (tertiary/aromatic N) is 2. The molecule has 2 aliphatic rings. The van der Waals surface area contributed by atoms with E-state index in [1.807, 2.05) is 17.9 Å². The third kappa shape index (κ3) is 8.01. The zero-order chi connectivity index (χ0) is 28.5. The Balaban J connectivity index is 1.45. The van der Waals surface area contributed by atoms with Gasteiger partial charge in [-0.1, -0.05) is 23.8 Å². The second kappa shape index (κ2) is 13.9. The second-order valence-electron chi connectivity index (χ2n) is 10.0. The van der Waals surface area contributed by atoms with Crippen LogP contribution in [0, 0.1) is 12.7 Å². The molecule has 3 N–H and O–H groups in total. The van der Waals surface area contributed by atoms with Crippen LogP contribution in [0.1, 0.15) is 40.7 Å². The zero-order valence-electron chi connectivity index (χ0n) is 22.7.